The molecule has 0 unspecified atom stereocenters. The van der Waals surface area contributed by atoms with Crippen LogP contribution in [0.3, 0.4) is 0 Å². The monoisotopic (exact) mass is 353 g/mol. The Morgan fingerprint density at radius 3 is 2.12 bits per heavy atom. The van der Waals surface area contributed by atoms with E-state index in [1.54, 1.807) is 24.3 Å². The lowest BCUT2D eigenvalue weighted by molar-refractivity contribution is 0.0498. The number of carbonyl (C=O) groups excluding carboxylic acids is 2. The minimum absolute atomic E-state index is 0.171. The number of ether oxygens (including phenoxy) is 1. The standard InChI is InChI=1S/C22H27NO3/c1-4-5-6-15-26-22(25)19-11-13-20(14-12-19)23-21(24)18-9-7-17(8-10-18)16(2)3/h7-14,16H,4-6,15H2,1-3H3,(H,23,24). The first kappa shape index (κ1) is 19.7. The van der Waals surface area contributed by atoms with Crippen molar-refractivity contribution in [1.82, 2.24) is 0 Å². The van der Waals surface area contributed by atoms with Gasteiger partial charge in [-0.3, -0.25) is 4.79 Å². The molecular weight excluding hydrogens is 326 g/mol. The van der Waals surface area contributed by atoms with Crippen LogP contribution < -0.4 is 5.32 Å². The maximum atomic E-state index is 12.3. The van der Waals surface area contributed by atoms with Gasteiger partial charge >= 0.3 is 5.97 Å². The fourth-order valence-corrected chi connectivity index (χ4v) is 2.51. The number of hydrogen-bond acceptors (Lipinski definition) is 3. The summed E-state index contributed by atoms with van der Waals surface area (Å²) in [6.07, 6.45) is 3.02. The summed E-state index contributed by atoms with van der Waals surface area (Å²) in [7, 11) is 0. The minimum atomic E-state index is -0.330. The van der Waals surface area contributed by atoms with E-state index in [4.69, 9.17) is 4.74 Å². The number of unbranched alkanes of at least 4 members (excludes halogenated alkanes) is 2. The van der Waals surface area contributed by atoms with Crippen LogP contribution >= 0.6 is 0 Å². The van der Waals surface area contributed by atoms with Crippen molar-refractivity contribution in [2.45, 2.75) is 46.0 Å². The zero-order valence-corrected chi connectivity index (χ0v) is 15.7. The van der Waals surface area contributed by atoms with Crippen molar-refractivity contribution in [3.05, 3.63) is 65.2 Å². The Morgan fingerprint density at radius 1 is 0.923 bits per heavy atom. The molecule has 0 aliphatic heterocycles. The summed E-state index contributed by atoms with van der Waals surface area (Å²) >= 11 is 0. The third-order valence-corrected chi connectivity index (χ3v) is 4.20. The van der Waals surface area contributed by atoms with Crippen LogP contribution in [-0.4, -0.2) is 18.5 Å². The van der Waals surface area contributed by atoms with Crippen LogP contribution in [0.15, 0.2) is 48.5 Å². The third kappa shape index (κ3) is 5.73. The second-order valence-electron chi connectivity index (χ2n) is 6.65. The second kappa shape index (κ2) is 9.76. The molecule has 2 aromatic rings. The molecule has 2 aromatic carbocycles. The number of amides is 1. The number of rotatable bonds is 8. The van der Waals surface area contributed by atoms with Gasteiger partial charge < -0.3 is 10.1 Å². The van der Waals surface area contributed by atoms with Gasteiger partial charge in [-0.15, -0.1) is 0 Å². The van der Waals surface area contributed by atoms with E-state index < -0.39 is 0 Å². The molecule has 0 saturated carbocycles. The topological polar surface area (TPSA) is 55.4 Å². The van der Waals surface area contributed by atoms with E-state index in [2.05, 4.69) is 26.1 Å². The van der Waals surface area contributed by atoms with Crippen LogP contribution in [0, 0.1) is 0 Å². The van der Waals surface area contributed by atoms with Crippen molar-refractivity contribution >= 4 is 17.6 Å². The Hall–Kier alpha value is -2.62. The molecular formula is C22H27NO3. The summed E-state index contributed by atoms with van der Waals surface area (Å²) in [5.41, 5.74) is 2.93. The highest BCUT2D eigenvalue weighted by Crippen LogP contribution is 2.16. The quantitative estimate of drug-likeness (QED) is 0.510. The van der Waals surface area contributed by atoms with Crippen LogP contribution in [0.2, 0.25) is 0 Å². The van der Waals surface area contributed by atoms with E-state index in [0.717, 1.165) is 19.3 Å². The Morgan fingerprint density at radius 2 is 1.54 bits per heavy atom. The van der Waals surface area contributed by atoms with Gasteiger partial charge in [-0.25, -0.2) is 4.79 Å². The molecule has 138 valence electrons. The van der Waals surface area contributed by atoms with Gasteiger partial charge in [0.15, 0.2) is 0 Å². The maximum absolute atomic E-state index is 12.3. The van der Waals surface area contributed by atoms with Crippen molar-refractivity contribution in [1.29, 1.82) is 0 Å². The Balaban J connectivity index is 1.91. The fourth-order valence-electron chi connectivity index (χ4n) is 2.51. The van der Waals surface area contributed by atoms with Crippen molar-refractivity contribution in [3.63, 3.8) is 0 Å². The number of carbonyl (C=O) groups is 2. The zero-order valence-electron chi connectivity index (χ0n) is 15.7. The van der Waals surface area contributed by atoms with E-state index in [1.807, 2.05) is 24.3 Å². The largest absolute Gasteiger partial charge is 0.462 e. The maximum Gasteiger partial charge on any atom is 0.338 e. The predicted octanol–water partition coefficient (Wildman–Crippen LogP) is 5.41. The highest BCUT2D eigenvalue weighted by atomic mass is 16.5. The van der Waals surface area contributed by atoms with E-state index >= 15 is 0 Å². The second-order valence-corrected chi connectivity index (χ2v) is 6.65. The molecule has 0 bridgehead atoms. The molecule has 0 atom stereocenters. The van der Waals surface area contributed by atoms with Gasteiger partial charge in [0.2, 0.25) is 0 Å². The first-order valence-corrected chi connectivity index (χ1v) is 9.19. The normalized spacial score (nSPS) is 10.6. The molecule has 1 amide bonds. The predicted molar refractivity (Wildman–Crippen MR) is 105 cm³/mol. The summed E-state index contributed by atoms with van der Waals surface area (Å²) in [6.45, 7) is 6.78. The number of hydrogen-bond donors (Lipinski definition) is 1. The summed E-state index contributed by atoms with van der Waals surface area (Å²) in [6, 6.07) is 14.3. The SMILES string of the molecule is CCCCCOC(=O)c1ccc(NC(=O)c2ccc(C(C)C)cc2)cc1. The lowest BCUT2D eigenvalue weighted by Gasteiger charge is -2.09. The molecule has 1 N–H and O–H groups in total. The molecule has 0 heterocycles. The van der Waals surface area contributed by atoms with Gasteiger partial charge in [-0.05, 0) is 54.3 Å². The van der Waals surface area contributed by atoms with Crippen molar-refractivity contribution < 1.29 is 14.3 Å². The Bertz CT molecular complexity index is 718. The van der Waals surface area contributed by atoms with Gasteiger partial charge in [0, 0.05) is 11.3 Å². The minimum Gasteiger partial charge on any atom is -0.462 e. The van der Waals surface area contributed by atoms with Gasteiger partial charge in [0.25, 0.3) is 5.91 Å². The van der Waals surface area contributed by atoms with Gasteiger partial charge in [-0.1, -0.05) is 45.7 Å². The van der Waals surface area contributed by atoms with Crippen LogP contribution in [0.1, 0.15) is 72.2 Å². The average Bonchev–Trinajstić information content (AvgIpc) is 2.65. The number of benzene rings is 2. The molecule has 0 aliphatic rings. The molecule has 0 fully saturated rings. The Labute approximate surface area is 155 Å². The smallest absolute Gasteiger partial charge is 0.338 e. The molecule has 4 nitrogen and oxygen atoms in total. The van der Waals surface area contributed by atoms with Crippen molar-refractivity contribution in [2.24, 2.45) is 0 Å². The molecule has 4 heteroatoms. The molecule has 26 heavy (non-hydrogen) atoms. The molecule has 0 aliphatic carbocycles. The molecule has 0 spiro atoms. The summed E-state index contributed by atoms with van der Waals surface area (Å²) in [5, 5.41) is 2.84. The third-order valence-electron chi connectivity index (χ3n) is 4.20. The number of esters is 1. The first-order chi connectivity index (χ1) is 12.5. The molecule has 0 radical (unpaired) electrons. The Kier molecular flexibility index (Phi) is 7.39. The zero-order chi connectivity index (χ0) is 18.9. The van der Waals surface area contributed by atoms with Crippen LogP contribution in [0.5, 0.6) is 0 Å². The van der Waals surface area contributed by atoms with Crippen molar-refractivity contribution in [3.8, 4) is 0 Å². The van der Waals surface area contributed by atoms with Crippen LogP contribution in [0.25, 0.3) is 0 Å². The molecule has 0 aromatic heterocycles. The first-order valence-electron chi connectivity index (χ1n) is 9.19. The highest BCUT2D eigenvalue weighted by Gasteiger charge is 2.09. The van der Waals surface area contributed by atoms with E-state index in [-0.39, 0.29) is 11.9 Å². The van der Waals surface area contributed by atoms with Crippen LogP contribution in [0.4, 0.5) is 5.69 Å². The van der Waals surface area contributed by atoms with Crippen molar-refractivity contribution in [2.75, 3.05) is 11.9 Å². The summed E-state index contributed by atoms with van der Waals surface area (Å²) < 4.78 is 5.22. The lowest BCUT2D eigenvalue weighted by atomic mass is 10.0. The van der Waals surface area contributed by atoms with E-state index in [1.165, 1.54) is 5.56 Å². The molecule has 2 rings (SSSR count). The van der Waals surface area contributed by atoms with Gasteiger partial charge in [0.1, 0.15) is 0 Å². The number of anilines is 1. The highest BCUT2D eigenvalue weighted by molar-refractivity contribution is 6.04. The lowest BCUT2D eigenvalue weighted by Crippen LogP contribution is -2.12. The summed E-state index contributed by atoms with van der Waals surface area (Å²) in [5.74, 6) is -0.0696. The van der Waals surface area contributed by atoms with Gasteiger partial charge in [0.05, 0.1) is 12.2 Å². The average molecular weight is 353 g/mol. The van der Waals surface area contributed by atoms with E-state index in [0.29, 0.717) is 29.3 Å². The van der Waals surface area contributed by atoms with Crippen LogP contribution in [-0.2, 0) is 4.74 Å². The van der Waals surface area contributed by atoms with E-state index in [9.17, 15) is 9.59 Å². The fraction of sp³-hybridized carbons (Fsp3) is 0.364. The number of nitrogens with one attached hydrogen (secondary N) is 1. The van der Waals surface area contributed by atoms with Gasteiger partial charge in [-0.2, -0.15) is 0 Å². The molecule has 0 saturated heterocycles. The summed E-state index contributed by atoms with van der Waals surface area (Å²) in [4.78, 5) is 24.3.